The molecule has 0 amide bonds. The van der Waals surface area contributed by atoms with E-state index in [0.717, 1.165) is 31.6 Å². The third-order valence-corrected chi connectivity index (χ3v) is 1.87. The van der Waals surface area contributed by atoms with E-state index in [0.29, 0.717) is 0 Å². The molecule has 0 aliphatic rings. The van der Waals surface area contributed by atoms with E-state index in [2.05, 4.69) is 18.7 Å². The molecule has 0 aromatic rings. The van der Waals surface area contributed by atoms with Gasteiger partial charge in [0.15, 0.2) is 0 Å². The molecule has 0 aromatic carbocycles. The average Bonchev–Trinajstić information content (AvgIpc) is 2.06. The standard InChI is InChI=1S/C9H17NO/c1-4-10(5-2)7-6-9(3)8-11/h4-7H2,1-3H3. The molecule has 0 aromatic heterocycles. The van der Waals surface area contributed by atoms with Crippen molar-refractivity contribution in [2.75, 3.05) is 19.6 Å². The maximum atomic E-state index is 10.1. The second-order valence-corrected chi connectivity index (χ2v) is 2.66. The Hall–Kier alpha value is -0.590. The summed E-state index contributed by atoms with van der Waals surface area (Å²) >= 11 is 0. The third kappa shape index (κ3) is 4.77. The average molecular weight is 155 g/mol. The Balaban J connectivity index is 3.59. The molecule has 0 fully saturated rings. The second kappa shape index (κ2) is 6.14. The Morgan fingerprint density at radius 2 is 1.91 bits per heavy atom. The largest absolute Gasteiger partial charge is 0.304 e. The fourth-order valence-corrected chi connectivity index (χ4v) is 0.917. The summed E-state index contributed by atoms with van der Waals surface area (Å²) in [7, 11) is 0. The van der Waals surface area contributed by atoms with Crippen LogP contribution in [0.3, 0.4) is 0 Å². The van der Waals surface area contributed by atoms with E-state index in [4.69, 9.17) is 0 Å². The summed E-state index contributed by atoms with van der Waals surface area (Å²) in [6.07, 6.45) is 0.852. The predicted molar refractivity (Wildman–Crippen MR) is 47.3 cm³/mol. The van der Waals surface area contributed by atoms with Crippen molar-refractivity contribution in [1.29, 1.82) is 0 Å². The smallest absolute Gasteiger partial charge is 0.123 e. The molecule has 0 spiro atoms. The van der Waals surface area contributed by atoms with E-state index in [9.17, 15) is 4.79 Å². The molecule has 0 rings (SSSR count). The molecule has 2 nitrogen and oxygen atoms in total. The molecule has 0 saturated heterocycles. The van der Waals surface area contributed by atoms with Gasteiger partial charge in [-0.2, -0.15) is 0 Å². The van der Waals surface area contributed by atoms with Crippen molar-refractivity contribution in [3.05, 3.63) is 5.57 Å². The zero-order chi connectivity index (χ0) is 8.69. The Kier molecular flexibility index (Phi) is 5.81. The molecule has 0 N–H and O–H groups in total. The van der Waals surface area contributed by atoms with Gasteiger partial charge in [-0.25, -0.2) is 4.79 Å². The van der Waals surface area contributed by atoms with Crippen molar-refractivity contribution in [1.82, 2.24) is 4.90 Å². The summed E-state index contributed by atoms with van der Waals surface area (Å²) in [4.78, 5) is 12.4. The summed E-state index contributed by atoms with van der Waals surface area (Å²) in [6, 6.07) is 0. The molecular formula is C9H17NO. The Morgan fingerprint density at radius 3 is 2.27 bits per heavy atom. The van der Waals surface area contributed by atoms with Crippen LogP contribution in [0.25, 0.3) is 0 Å². The van der Waals surface area contributed by atoms with Gasteiger partial charge in [-0.1, -0.05) is 13.8 Å². The lowest BCUT2D eigenvalue weighted by Crippen LogP contribution is -2.24. The van der Waals surface area contributed by atoms with Gasteiger partial charge < -0.3 is 4.90 Å². The first-order chi connectivity index (χ1) is 5.24. The van der Waals surface area contributed by atoms with Crippen molar-refractivity contribution < 1.29 is 4.79 Å². The van der Waals surface area contributed by atoms with Gasteiger partial charge in [0, 0.05) is 12.1 Å². The summed E-state index contributed by atoms with van der Waals surface area (Å²) < 4.78 is 0. The van der Waals surface area contributed by atoms with Crippen molar-refractivity contribution >= 4 is 5.94 Å². The lowest BCUT2D eigenvalue weighted by Gasteiger charge is -2.16. The predicted octanol–water partition coefficient (Wildman–Crippen LogP) is 1.50. The Morgan fingerprint density at radius 1 is 1.36 bits per heavy atom. The normalized spacial score (nSPS) is 9.82. The molecule has 0 aliphatic heterocycles. The van der Waals surface area contributed by atoms with Crippen LogP contribution in [0.2, 0.25) is 0 Å². The van der Waals surface area contributed by atoms with Gasteiger partial charge in [0.1, 0.15) is 5.94 Å². The minimum absolute atomic E-state index is 0.817. The lowest BCUT2D eigenvalue weighted by molar-refractivity contribution is 0.308. The van der Waals surface area contributed by atoms with Crippen LogP contribution in [0, 0.1) is 0 Å². The second-order valence-electron chi connectivity index (χ2n) is 2.66. The van der Waals surface area contributed by atoms with Crippen molar-refractivity contribution in [3.63, 3.8) is 0 Å². The zero-order valence-electron chi connectivity index (χ0n) is 7.68. The van der Waals surface area contributed by atoms with E-state index >= 15 is 0 Å². The minimum Gasteiger partial charge on any atom is -0.304 e. The van der Waals surface area contributed by atoms with Crippen LogP contribution in [0.15, 0.2) is 5.57 Å². The van der Waals surface area contributed by atoms with Gasteiger partial charge in [-0.3, -0.25) is 0 Å². The molecule has 0 radical (unpaired) electrons. The highest BCUT2D eigenvalue weighted by Crippen LogP contribution is 1.97. The zero-order valence-corrected chi connectivity index (χ0v) is 7.68. The van der Waals surface area contributed by atoms with Gasteiger partial charge in [0.25, 0.3) is 0 Å². The molecule has 0 aliphatic carbocycles. The van der Waals surface area contributed by atoms with Crippen LogP contribution < -0.4 is 0 Å². The molecule has 0 atom stereocenters. The Bertz CT molecular complexity index is 144. The van der Waals surface area contributed by atoms with Gasteiger partial charge >= 0.3 is 0 Å². The van der Waals surface area contributed by atoms with Gasteiger partial charge in [-0.05, 0) is 26.4 Å². The fourth-order valence-electron chi connectivity index (χ4n) is 0.917. The van der Waals surface area contributed by atoms with Gasteiger partial charge in [-0.15, -0.1) is 0 Å². The highest BCUT2D eigenvalue weighted by molar-refractivity contribution is 5.51. The molecule has 11 heavy (non-hydrogen) atoms. The van der Waals surface area contributed by atoms with Crippen LogP contribution in [0.4, 0.5) is 0 Å². The highest BCUT2D eigenvalue weighted by atomic mass is 16.1. The number of hydrogen-bond acceptors (Lipinski definition) is 2. The number of hydrogen-bond donors (Lipinski definition) is 0. The number of nitrogens with zero attached hydrogens (tertiary/aromatic N) is 1. The summed E-state index contributed by atoms with van der Waals surface area (Å²) in [5.74, 6) is 1.91. The first-order valence-corrected chi connectivity index (χ1v) is 4.17. The molecule has 0 unspecified atom stereocenters. The van der Waals surface area contributed by atoms with E-state index in [1.165, 1.54) is 0 Å². The van der Waals surface area contributed by atoms with Crippen molar-refractivity contribution in [3.8, 4) is 0 Å². The van der Waals surface area contributed by atoms with Gasteiger partial charge in [0.2, 0.25) is 0 Å². The molecule has 2 heteroatoms. The van der Waals surface area contributed by atoms with Crippen LogP contribution >= 0.6 is 0 Å². The van der Waals surface area contributed by atoms with Crippen LogP contribution in [0.1, 0.15) is 27.2 Å². The van der Waals surface area contributed by atoms with Crippen LogP contribution in [-0.2, 0) is 4.79 Å². The number of rotatable bonds is 5. The first-order valence-electron chi connectivity index (χ1n) is 4.17. The lowest BCUT2D eigenvalue weighted by atomic mass is 10.2. The maximum Gasteiger partial charge on any atom is 0.123 e. The maximum absolute atomic E-state index is 10.1. The van der Waals surface area contributed by atoms with Crippen molar-refractivity contribution in [2.24, 2.45) is 0 Å². The highest BCUT2D eigenvalue weighted by Gasteiger charge is 1.98. The fraction of sp³-hybridized carbons (Fsp3) is 0.778. The summed E-state index contributed by atoms with van der Waals surface area (Å²) in [5.41, 5.74) is 0.817. The third-order valence-electron chi connectivity index (χ3n) is 1.87. The minimum atomic E-state index is 0.817. The van der Waals surface area contributed by atoms with Crippen LogP contribution in [-0.4, -0.2) is 30.5 Å². The molecule has 64 valence electrons. The molecular weight excluding hydrogens is 138 g/mol. The monoisotopic (exact) mass is 155 g/mol. The van der Waals surface area contributed by atoms with E-state index < -0.39 is 0 Å². The quantitative estimate of drug-likeness (QED) is 0.561. The molecule has 0 saturated carbocycles. The van der Waals surface area contributed by atoms with Crippen molar-refractivity contribution in [2.45, 2.75) is 27.2 Å². The Labute approximate surface area is 68.9 Å². The van der Waals surface area contributed by atoms with E-state index in [1.54, 1.807) is 0 Å². The van der Waals surface area contributed by atoms with E-state index in [-0.39, 0.29) is 0 Å². The molecule has 0 bridgehead atoms. The summed E-state index contributed by atoms with van der Waals surface area (Å²) in [5, 5.41) is 0. The summed E-state index contributed by atoms with van der Waals surface area (Å²) in [6.45, 7) is 9.18. The molecule has 0 heterocycles. The number of carbonyl (C=O) groups excluding carboxylic acids is 1. The topological polar surface area (TPSA) is 20.3 Å². The van der Waals surface area contributed by atoms with E-state index in [1.807, 2.05) is 12.9 Å². The van der Waals surface area contributed by atoms with Crippen LogP contribution in [0.5, 0.6) is 0 Å². The SMILES string of the molecule is CCN(CC)CCC(C)=C=O. The van der Waals surface area contributed by atoms with Gasteiger partial charge in [0.05, 0.1) is 0 Å². The first kappa shape index (κ1) is 10.4.